The maximum Gasteiger partial charge on any atom is 0.234 e. The van der Waals surface area contributed by atoms with Crippen molar-refractivity contribution in [3.05, 3.63) is 59.7 Å². The highest BCUT2D eigenvalue weighted by Gasteiger charge is 2.07. The third-order valence-corrected chi connectivity index (χ3v) is 3.95. The number of carbonyl (C=O) groups excluding carboxylic acids is 2. The molecule has 124 valence electrons. The first kappa shape index (κ1) is 18.1. The van der Waals surface area contributed by atoms with E-state index in [1.165, 1.54) is 11.8 Å². The number of benzene rings is 2. The summed E-state index contributed by atoms with van der Waals surface area (Å²) in [5, 5.41) is 23.0. The SMILES string of the molecule is N#Cc1cccc(NC(=O)CSCC(=O)Nc2cccc(C#N)c2)c1. The summed E-state index contributed by atoms with van der Waals surface area (Å²) >= 11 is 1.17. The van der Waals surface area contributed by atoms with Gasteiger partial charge in [-0.3, -0.25) is 9.59 Å². The Labute approximate surface area is 149 Å². The summed E-state index contributed by atoms with van der Waals surface area (Å²) in [6, 6.07) is 17.2. The number of nitriles is 2. The average molecular weight is 350 g/mol. The van der Waals surface area contributed by atoms with E-state index in [2.05, 4.69) is 10.6 Å². The smallest absolute Gasteiger partial charge is 0.234 e. The number of hydrogen-bond donors (Lipinski definition) is 2. The zero-order valence-corrected chi connectivity index (χ0v) is 14.0. The Morgan fingerprint density at radius 1 is 0.840 bits per heavy atom. The van der Waals surface area contributed by atoms with Crippen LogP contribution in [-0.2, 0) is 9.59 Å². The number of carbonyl (C=O) groups is 2. The van der Waals surface area contributed by atoms with Crippen LogP contribution in [0.4, 0.5) is 11.4 Å². The molecule has 2 aromatic rings. The summed E-state index contributed by atoms with van der Waals surface area (Å²) in [4.78, 5) is 23.7. The van der Waals surface area contributed by atoms with Crippen molar-refractivity contribution in [3.8, 4) is 12.1 Å². The van der Waals surface area contributed by atoms with Crippen molar-refractivity contribution < 1.29 is 9.59 Å². The Hall–Kier alpha value is -3.29. The minimum Gasteiger partial charge on any atom is -0.325 e. The molecule has 2 amide bonds. The van der Waals surface area contributed by atoms with Crippen LogP contribution in [0, 0.1) is 22.7 Å². The van der Waals surface area contributed by atoms with E-state index < -0.39 is 0 Å². The van der Waals surface area contributed by atoms with Gasteiger partial charge >= 0.3 is 0 Å². The molecule has 0 heterocycles. The number of nitrogens with zero attached hydrogens (tertiary/aromatic N) is 2. The van der Waals surface area contributed by atoms with E-state index >= 15 is 0 Å². The second-order valence-corrected chi connectivity index (χ2v) is 5.96. The van der Waals surface area contributed by atoms with Gasteiger partial charge in [0.05, 0.1) is 34.8 Å². The molecule has 0 aromatic heterocycles. The molecule has 0 aliphatic heterocycles. The number of thioether (sulfide) groups is 1. The lowest BCUT2D eigenvalue weighted by Crippen LogP contribution is -2.18. The molecule has 0 radical (unpaired) electrons. The summed E-state index contributed by atoms with van der Waals surface area (Å²) in [6.45, 7) is 0. The first-order valence-corrected chi connectivity index (χ1v) is 8.44. The molecule has 0 saturated carbocycles. The van der Waals surface area contributed by atoms with Crippen LogP contribution in [0.3, 0.4) is 0 Å². The molecule has 2 N–H and O–H groups in total. The van der Waals surface area contributed by atoms with Crippen molar-refractivity contribution in [2.24, 2.45) is 0 Å². The Balaban J connectivity index is 1.76. The molecule has 0 bridgehead atoms. The van der Waals surface area contributed by atoms with Gasteiger partial charge in [-0.15, -0.1) is 11.8 Å². The van der Waals surface area contributed by atoms with Crippen molar-refractivity contribution in [1.82, 2.24) is 0 Å². The highest BCUT2D eigenvalue weighted by Crippen LogP contribution is 2.12. The van der Waals surface area contributed by atoms with Crippen molar-refractivity contribution in [3.63, 3.8) is 0 Å². The van der Waals surface area contributed by atoms with Crippen LogP contribution in [0.1, 0.15) is 11.1 Å². The third kappa shape index (κ3) is 6.02. The number of amides is 2. The van der Waals surface area contributed by atoms with Crippen molar-refractivity contribution >= 4 is 35.0 Å². The average Bonchev–Trinajstić information content (AvgIpc) is 2.62. The minimum atomic E-state index is -0.251. The highest BCUT2D eigenvalue weighted by atomic mass is 32.2. The summed E-state index contributed by atoms with van der Waals surface area (Å²) in [5.74, 6) is -0.274. The molecule has 6 nitrogen and oxygen atoms in total. The number of hydrogen-bond acceptors (Lipinski definition) is 5. The highest BCUT2D eigenvalue weighted by molar-refractivity contribution is 8.00. The molecule has 0 spiro atoms. The summed E-state index contributed by atoms with van der Waals surface area (Å²) in [6.07, 6.45) is 0. The third-order valence-electron chi connectivity index (χ3n) is 3.02. The van der Waals surface area contributed by atoms with Crippen LogP contribution in [0.15, 0.2) is 48.5 Å². The number of anilines is 2. The van der Waals surface area contributed by atoms with Crippen LogP contribution in [0.25, 0.3) is 0 Å². The van der Waals surface area contributed by atoms with Gasteiger partial charge in [0.2, 0.25) is 11.8 Å². The summed E-state index contributed by atoms with van der Waals surface area (Å²) in [7, 11) is 0. The van der Waals surface area contributed by atoms with Gasteiger partial charge in [0.1, 0.15) is 0 Å². The zero-order valence-electron chi connectivity index (χ0n) is 13.2. The molecule has 25 heavy (non-hydrogen) atoms. The van der Waals surface area contributed by atoms with Gasteiger partial charge in [-0.1, -0.05) is 12.1 Å². The monoisotopic (exact) mass is 350 g/mol. The lowest BCUT2D eigenvalue weighted by Gasteiger charge is -2.07. The van der Waals surface area contributed by atoms with E-state index in [0.29, 0.717) is 22.5 Å². The lowest BCUT2D eigenvalue weighted by atomic mass is 10.2. The predicted molar refractivity (Wildman–Crippen MR) is 96.9 cm³/mol. The lowest BCUT2D eigenvalue weighted by molar-refractivity contribution is -0.114. The van der Waals surface area contributed by atoms with Crippen molar-refractivity contribution in [2.45, 2.75) is 0 Å². The molecule has 0 aliphatic carbocycles. The molecule has 0 unspecified atom stereocenters. The maximum atomic E-state index is 11.9. The van der Waals surface area contributed by atoms with Crippen LogP contribution >= 0.6 is 11.8 Å². The van der Waals surface area contributed by atoms with Crippen LogP contribution < -0.4 is 10.6 Å². The largest absolute Gasteiger partial charge is 0.325 e. The molecular weight excluding hydrogens is 336 g/mol. The normalized spacial score (nSPS) is 9.52. The summed E-state index contributed by atoms with van der Waals surface area (Å²) in [5.41, 5.74) is 2.01. The van der Waals surface area contributed by atoms with Gasteiger partial charge in [0, 0.05) is 11.4 Å². The molecule has 2 rings (SSSR count). The Kier molecular flexibility index (Phi) is 6.58. The molecule has 0 atom stereocenters. The second-order valence-electron chi connectivity index (χ2n) is 4.97. The Morgan fingerprint density at radius 2 is 1.28 bits per heavy atom. The Morgan fingerprint density at radius 3 is 1.68 bits per heavy atom. The van der Waals surface area contributed by atoms with E-state index in [1.54, 1.807) is 48.5 Å². The zero-order chi connectivity index (χ0) is 18.1. The number of nitrogens with one attached hydrogen (secondary N) is 2. The van der Waals surface area contributed by atoms with E-state index in [-0.39, 0.29) is 23.3 Å². The van der Waals surface area contributed by atoms with Gasteiger partial charge in [-0.25, -0.2) is 0 Å². The topological polar surface area (TPSA) is 106 Å². The van der Waals surface area contributed by atoms with E-state index in [9.17, 15) is 9.59 Å². The van der Waals surface area contributed by atoms with Gasteiger partial charge < -0.3 is 10.6 Å². The van der Waals surface area contributed by atoms with Crippen LogP contribution in [-0.4, -0.2) is 23.3 Å². The summed E-state index contributed by atoms with van der Waals surface area (Å²) < 4.78 is 0. The van der Waals surface area contributed by atoms with Gasteiger partial charge in [0.15, 0.2) is 0 Å². The molecule has 7 heteroatoms. The van der Waals surface area contributed by atoms with Crippen LogP contribution in [0.2, 0.25) is 0 Å². The van der Waals surface area contributed by atoms with Gasteiger partial charge in [-0.05, 0) is 36.4 Å². The molecule has 0 saturated heterocycles. The Bertz CT molecular complexity index is 796. The fourth-order valence-corrected chi connectivity index (χ4v) is 2.58. The fraction of sp³-hybridized carbons (Fsp3) is 0.111. The van der Waals surface area contributed by atoms with E-state index in [0.717, 1.165) is 0 Å². The number of rotatable bonds is 6. The molecule has 0 aliphatic rings. The quantitative estimate of drug-likeness (QED) is 0.833. The van der Waals surface area contributed by atoms with E-state index in [1.807, 2.05) is 12.1 Å². The fourth-order valence-electron chi connectivity index (χ4n) is 1.96. The maximum absolute atomic E-state index is 11.9. The van der Waals surface area contributed by atoms with Crippen molar-refractivity contribution in [2.75, 3.05) is 22.1 Å². The van der Waals surface area contributed by atoms with Gasteiger partial charge in [0.25, 0.3) is 0 Å². The minimum absolute atomic E-state index is 0.114. The molecular formula is C18H14N4O2S. The van der Waals surface area contributed by atoms with Crippen molar-refractivity contribution in [1.29, 1.82) is 10.5 Å². The van der Waals surface area contributed by atoms with E-state index in [4.69, 9.17) is 10.5 Å². The van der Waals surface area contributed by atoms with Crippen LogP contribution in [0.5, 0.6) is 0 Å². The molecule has 0 fully saturated rings. The first-order valence-electron chi connectivity index (χ1n) is 7.28. The molecule has 2 aromatic carbocycles. The second kappa shape index (κ2) is 9.11. The first-order chi connectivity index (χ1) is 12.1. The standard InChI is InChI=1S/C18H14N4O2S/c19-9-13-3-1-5-15(7-13)21-17(23)11-25-12-18(24)22-16-6-2-4-14(8-16)10-20/h1-8H,11-12H2,(H,21,23)(H,22,24). The predicted octanol–water partition coefficient (Wildman–Crippen LogP) is 2.74. The van der Waals surface area contributed by atoms with Gasteiger partial charge in [-0.2, -0.15) is 10.5 Å².